The predicted molar refractivity (Wildman–Crippen MR) is 73.8 cm³/mol. The molecular formula is C14H19N3O3. The number of likely N-dealkylation sites (N-methyl/N-ethyl adjacent to an activating group) is 1. The largest absolute Gasteiger partial charge is 0.477 e. The van der Waals surface area contributed by atoms with Crippen molar-refractivity contribution in [2.45, 2.75) is 31.8 Å². The fourth-order valence-electron chi connectivity index (χ4n) is 2.00. The zero-order valence-electron chi connectivity index (χ0n) is 11.7. The third-order valence-electron chi connectivity index (χ3n) is 3.58. The first-order valence-electron chi connectivity index (χ1n) is 6.69. The Bertz CT molecular complexity index is 514. The van der Waals surface area contributed by atoms with Gasteiger partial charge in [0.2, 0.25) is 0 Å². The molecule has 6 nitrogen and oxygen atoms in total. The molecule has 1 heterocycles. The maximum atomic E-state index is 11.9. The van der Waals surface area contributed by atoms with Crippen molar-refractivity contribution in [2.24, 2.45) is 0 Å². The highest BCUT2D eigenvalue weighted by Crippen LogP contribution is 2.26. The lowest BCUT2D eigenvalue weighted by atomic mass is 10.2. The molecule has 1 unspecified atom stereocenters. The van der Waals surface area contributed by atoms with Crippen LogP contribution in [0.1, 0.15) is 40.7 Å². The van der Waals surface area contributed by atoms with Gasteiger partial charge < -0.3 is 10.4 Å². The van der Waals surface area contributed by atoms with Crippen LogP contribution >= 0.6 is 0 Å². The van der Waals surface area contributed by atoms with Gasteiger partial charge in [0.05, 0.1) is 0 Å². The van der Waals surface area contributed by atoms with Crippen LogP contribution in [0, 0.1) is 0 Å². The number of aromatic nitrogens is 1. The molecule has 0 aliphatic heterocycles. The molecule has 2 rings (SSSR count). The van der Waals surface area contributed by atoms with E-state index in [-0.39, 0.29) is 23.3 Å². The molecule has 108 valence electrons. The molecule has 1 aromatic heterocycles. The summed E-state index contributed by atoms with van der Waals surface area (Å²) in [5.41, 5.74) is 0.00646. The molecule has 0 saturated heterocycles. The minimum absolute atomic E-state index is 0.124. The molecule has 1 aliphatic carbocycles. The third kappa shape index (κ3) is 3.54. The van der Waals surface area contributed by atoms with Crippen LogP contribution in [0.15, 0.2) is 18.2 Å². The van der Waals surface area contributed by atoms with Gasteiger partial charge in [0.15, 0.2) is 0 Å². The topological polar surface area (TPSA) is 82.5 Å². The Balaban J connectivity index is 1.91. The Morgan fingerprint density at radius 1 is 1.45 bits per heavy atom. The standard InChI is InChI=1S/C14H19N3O3/c1-9(17(2)10-6-7-10)8-15-13(18)11-4-3-5-12(16-11)14(19)20/h3-5,9-10H,6-8H2,1-2H3,(H,15,18)(H,19,20). The number of hydrogen-bond acceptors (Lipinski definition) is 4. The van der Waals surface area contributed by atoms with Crippen LogP contribution in [0.5, 0.6) is 0 Å². The Kier molecular flexibility index (Phi) is 4.34. The monoisotopic (exact) mass is 277 g/mol. The van der Waals surface area contributed by atoms with Crippen LogP contribution in [-0.4, -0.2) is 52.5 Å². The predicted octanol–water partition coefficient (Wildman–Crippen LogP) is 0.992. The summed E-state index contributed by atoms with van der Waals surface area (Å²) in [4.78, 5) is 28.8. The van der Waals surface area contributed by atoms with E-state index in [0.717, 1.165) is 0 Å². The summed E-state index contributed by atoms with van der Waals surface area (Å²) in [6.45, 7) is 2.57. The maximum absolute atomic E-state index is 11.9. The molecule has 0 radical (unpaired) electrons. The van der Waals surface area contributed by atoms with Crippen LogP contribution in [0.2, 0.25) is 0 Å². The molecule has 1 aliphatic rings. The Hall–Kier alpha value is -1.95. The minimum atomic E-state index is -1.14. The number of pyridine rings is 1. The van der Waals surface area contributed by atoms with Gasteiger partial charge in [0.1, 0.15) is 11.4 Å². The summed E-state index contributed by atoms with van der Waals surface area (Å²) in [5.74, 6) is -1.48. The summed E-state index contributed by atoms with van der Waals surface area (Å²) < 4.78 is 0. The van der Waals surface area contributed by atoms with Crippen molar-refractivity contribution in [1.29, 1.82) is 0 Å². The average molecular weight is 277 g/mol. The molecule has 1 aromatic rings. The quantitative estimate of drug-likeness (QED) is 0.810. The van der Waals surface area contributed by atoms with Crippen molar-refractivity contribution in [3.63, 3.8) is 0 Å². The molecule has 2 N–H and O–H groups in total. The van der Waals surface area contributed by atoms with Crippen LogP contribution in [0.25, 0.3) is 0 Å². The Morgan fingerprint density at radius 3 is 2.70 bits per heavy atom. The molecule has 1 amide bonds. The smallest absolute Gasteiger partial charge is 0.354 e. The zero-order valence-corrected chi connectivity index (χ0v) is 11.7. The van der Waals surface area contributed by atoms with Gasteiger partial charge in [-0.3, -0.25) is 9.69 Å². The number of carbonyl (C=O) groups is 2. The second kappa shape index (κ2) is 6.00. The van der Waals surface area contributed by atoms with Gasteiger partial charge in [-0.1, -0.05) is 6.07 Å². The number of amides is 1. The molecule has 0 aromatic carbocycles. The van der Waals surface area contributed by atoms with Crippen molar-refractivity contribution in [2.75, 3.05) is 13.6 Å². The van der Waals surface area contributed by atoms with Gasteiger partial charge in [-0.15, -0.1) is 0 Å². The zero-order chi connectivity index (χ0) is 14.7. The van der Waals surface area contributed by atoms with Crippen LogP contribution < -0.4 is 5.32 Å². The lowest BCUT2D eigenvalue weighted by Crippen LogP contribution is -2.41. The van der Waals surface area contributed by atoms with E-state index in [1.54, 1.807) is 0 Å². The summed E-state index contributed by atoms with van der Waals surface area (Å²) >= 11 is 0. The molecule has 20 heavy (non-hydrogen) atoms. The third-order valence-corrected chi connectivity index (χ3v) is 3.58. The minimum Gasteiger partial charge on any atom is -0.477 e. The van der Waals surface area contributed by atoms with Crippen molar-refractivity contribution in [3.05, 3.63) is 29.6 Å². The summed E-state index contributed by atoms with van der Waals surface area (Å²) in [5, 5.41) is 11.6. The van der Waals surface area contributed by atoms with Crippen molar-refractivity contribution in [1.82, 2.24) is 15.2 Å². The molecule has 1 atom stereocenters. The van der Waals surface area contributed by atoms with E-state index in [0.29, 0.717) is 12.6 Å². The van der Waals surface area contributed by atoms with Crippen LogP contribution in [0.4, 0.5) is 0 Å². The van der Waals surface area contributed by atoms with E-state index in [4.69, 9.17) is 5.11 Å². The van der Waals surface area contributed by atoms with E-state index in [9.17, 15) is 9.59 Å². The maximum Gasteiger partial charge on any atom is 0.354 e. The molecule has 1 fully saturated rings. The number of rotatable bonds is 6. The summed E-state index contributed by atoms with van der Waals surface area (Å²) in [6.07, 6.45) is 2.44. The van der Waals surface area contributed by atoms with Crippen molar-refractivity contribution < 1.29 is 14.7 Å². The number of carboxylic acids is 1. The van der Waals surface area contributed by atoms with Gasteiger partial charge in [0, 0.05) is 18.6 Å². The molecule has 6 heteroatoms. The lowest BCUT2D eigenvalue weighted by molar-refractivity contribution is 0.0690. The highest BCUT2D eigenvalue weighted by atomic mass is 16.4. The van der Waals surface area contributed by atoms with Crippen LogP contribution in [-0.2, 0) is 0 Å². The highest BCUT2D eigenvalue weighted by Gasteiger charge is 2.29. The average Bonchev–Trinajstić information content (AvgIpc) is 3.28. The van der Waals surface area contributed by atoms with E-state index in [1.807, 2.05) is 0 Å². The first-order chi connectivity index (χ1) is 9.49. The first kappa shape index (κ1) is 14.5. The number of nitrogens with one attached hydrogen (secondary N) is 1. The Morgan fingerprint density at radius 2 is 2.10 bits per heavy atom. The van der Waals surface area contributed by atoms with Crippen LogP contribution in [0.3, 0.4) is 0 Å². The fraction of sp³-hybridized carbons (Fsp3) is 0.500. The van der Waals surface area contributed by atoms with E-state index < -0.39 is 5.97 Å². The van der Waals surface area contributed by atoms with Gasteiger partial charge >= 0.3 is 5.97 Å². The fourth-order valence-corrected chi connectivity index (χ4v) is 2.00. The van der Waals surface area contributed by atoms with E-state index in [1.165, 1.54) is 31.0 Å². The van der Waals surface area contributed by atoms with E-state index in [2.05, 4.69) is 29.2 Å². The number of hydrogen-bond donors (Lipinski definition) is 2. The molecule has 0 spiro atoms. The number of nitrogens with zero attached hydrogens (tertiary/aromatic N) is 2. The molecule has 1 saturated carbocycles. The second-order valence-electron chi connectivity index (χ2n) is 5.17. The highest BCUT2D eigenvalue weighted by molar-refractivity contribution is 5.94. The number of carbonyl (C=O) groups excluding carboxylic acids is 1. The lowest BCUT2D eigenvalue weighted by Gasteiger charge is -2.24. The van der Waals surface area contributed by atoms with E-state index >= 15 is 0 Å². The van der Waals surface area contributed by atoms with Crippen molar-refractivity contribution in [3.8, 4) is 0 Å². The summed E-state index contributed by atoms with van der Waals surface area (Å²) in [6, 6.07) is 5.27. The van der Waals surface area contributed by atoms with Gasteiger partial charge in [-0.05, 0) is 38.9 Å². The molecular weight excluding hydrogens is 258 g/mol. The Labute approximate surface area is 117 Å². The number of carboxylic acid groups (broad SMARTS) is 1. The summed E-state index contributed by atoms with van der Waals surface area (Å²) in [7, 11) is 2.05. The van der Waals surface area contributed by atoms with Crippen molar-refractivity contribution >= 4 is 11.9 Å². The van der Waals surface area contributed by atoms with Gasteiger partial charge in [0.25, 0.3) is 5.91 Å². The SMILES string of the molecule is CC(CNC(=O)c1cccc(C(=O)O)n1)N(C)C1CC1. The van der Waals surface area contributed by atoms with Gasteiger partial charge in [-0.2, -0.15) is 0 Å². The second-order valence-corrected chi connectivity index (χ2v) is 5.17. The first-order valence-corrected chi connectivity index (χ1v) is 6.69. The normalized spacial score (nSPS) is 15.9. The molecule has 0 bridgehead atoms. The van der Waals surface area contributed by atoms with Gasteiger partial charge in [-0.25, -0.2) is 9.78 Å². The number of aromatic carboxylic acids is 1.